The van der Waals surface area contributed by atoms with E-state index in [0.29, 0.717) is 0 Å². The van der Waals surface area contributed by atoms with Gasteiger partial charge in [-0.15, -0.1) is 0 Å². The second kappa shape index (κ2) is 9.84. The number of benzene rings is 8. The van der Waals surface area contributed by atoms with E-state index in [1.54, 1.807) is 0 Å². The number of pyridine rings is 1. The van der Waals surface area contributed by atoms with Gasteiger partial charge in [0.05, 0.1) is 55.7 Å². The van der Waals surface area contributed by atoms with Crippen LogP contribution in [0.1, 0.15) is 0 Å². The van der Waals surface area contributed by atoms with Gasteiger partial charge in [-0.2, -0.15) is 0 Å². The minimum Gasteiger partial charge on any atom is -0.309 e. The van der Waals surface area contributed by atoms with Gasteiger partial charge < -0.3 is 13.7 Å². The van der Waals surface area contributed by atoms with Crippen LogP contribution in [0.2, 0.25) is 0 Å². The van der Waals surface area contributed by atoms with Crippen molar-refractivity contribution in [2.75, 3.05) is 0 Å². The summed E-state index contributed by atoms with van der Waals surface area (Å²) in [5.74, 6) is 0. The lowest BCUT2D eigenvalue weighted by atomic mass is 9.99. The van der Waals surface area contributed by atoms with Crippen molar-refractivity contribution in [2.24, 2.45) is 0 Å². The lowest BCUT2D eigenvalue weighted by Gasteiger charge is -2.15. The number of hydrogen-bond acceptors (Lipinski definition) is 1. The monoisotopic (exact) mass is 648 g/mol. The Morgan fingerprint density at radius 3 is 1.22 bits per heavy atom. The van der Waals surface area contributed by atoms with Crippen molar-refractivity contribution in [1.82, 2.24) is 18.7 Å². The lowest BCUT2D eigenvalue weighted by molar-refractivity contribution is 1.17. The van der Waals surface area contributed by atoms with Crippen LogP contribution in [0.4, 0.5) is 0 Å². The van der Waals surface area contributed by atoms with Gasteiger partial charge in [-0.25, -0.2) is 0 Å². The van der Waals surface area contributed by atoms with Crippen molar-refractivity contribution in [3.8, 4) is 17.1 Å². The molecule has 4 aromatic heterocycles. The zero-order valence-corrected chi connectivity index (χ0v) is 27.5. The second-order valence-electron chi connectivity index (χ2n) is 13.5. The minimum atomic E-state index is 0.993. The summed E-state index contributed by atoms with van der Waals surface area (Å²) in [5.41, 5.74) is 11.6. The summed E-state index contributed by atoms with van der Waals surface area (Å²) < 4.78 is 7.34. The van der Waals surface area contributed by atoms with Crippen LogP contribution in [0.5, 0.6) is 0 Å². The fraction of sp³-hybridized carbons (Fsp3) is 0. The summed E-state index contributed by atoms with van der Waals surface area (Å²) >= 11 is 0. The van der Waals surface area contributed by atoms with Gasteiger partial charge in [0.25, 0.3) is 0 Å². The number of hydrogen-bond donors (Lipinski definition) is 0. The molecule has 0 N–H and O–H groups in total. The highest BCUT2D eigenvalue weighted by atomic mass is 15.0. The summed E-state index contributed by atoms with van der Waals surface area (Å²) in [6.07, 6.45) is 1.90. The molecule has 12 aromatic rings. The summed E-state index contributed by atoms with van der Waals surface area (Å²) in [6.45, 7) is 0. The van der Waals surface area contributed by atoms with Gasteiger partial charge >= 0.3 is 0 Å². The van der Waals surface area contributed by atoms with Crippen LogP contribution in [0.3, 0.4) is 0 Å². The molecule has 8 aromatic carbocycles. The molecular weight excluding hydrogens is 621 g/mol. The molecule has 0 amide bonds. The Labute approximate surface area is 292 Å². The zero-order valence-electron chi connectivity index (χ0n) is 27.5. The first kappa shape index (κ1) is 27.0. The van der Waals surface area contributed by atoms with E-state index in [1.807, 2.05) is 12.3 Å². The van der Waals surface area contributed by atoms with Crippen molar-refractivity contribution >= 4 is 87.1 Å². The molecule has 0 bridgehead atoms. The fourth-order valence-corrected chi connectivity index (χ4v) is 9.01. The molecule has 0 unspecified atom stereocenters. The third kappa shape index (κ3) is 3.46. The smallest absolute Gasteiger partial charge is 0.0942 e. The number of fused-ring (bicyclic) bond motifs is 7. The molecule has 0 radical (unpaired) electrons. The van der Waals surface area contributed by atoms with Crippen LogP contribution in [-0.2, 0) is 0 Å². The molecule has 0 fully saturated rings. The molecule has 0 atom stereocenters. The van der Waals surface area contributed by atoms with Crippen LogP contribution in [0, 0.1) is 0 Å². The first-order valence-corrected chi connectivity index (χ1v) is 17.5. The molecule has 0 spiro atoms. The van der Waals surface area contributed by atoms with E-state index in [-0.39, 0.29) is 0 Å². The number of para-hydroxylation sites is 5. The van der Waals surface area contributed by atoms with Gasteiger partial charge in [0, 0.05) is 54.7 Å². The molecule has 236 valence electrons. The van der Waals surface area contributed by atoms with E-state index in [0.717, 1.165) is 16.6 Å². The van der Waals surface area contributed by atoms with E-state index in [1.165, 1.54) is 87.6 Å². The van der Waals surface area contributed by atoms with Gasteiger partial charge in [0.15, 0.2) is 0 Å². The SMILES string of the molecule is c1cnc2c(-n3c4ccc(-n5c6ccccc6c6ccccc65)c5ccc6c(-n7c8ccccc8c8ccccc87)ccc3c6c54)cccc2c1. The molecule has 4 nitrogen and oxygen atoms in total. The predicted octanol–water partition coefficient (Wildman–Crippen LogP) is 12.1. The quantitative estimate of drug-likeness (QED) is 0.175. The van der Waals surface area contributed by atoms with Gasteiger partial charge in [-0.1, -0.05) is 103 Å². The van der Waals surface area contributed by atoms with Crippen molar-refractivity contribution in [2.45, 2.75) is 0 Å². The first-order chi connectivity index (χ1) is 25.3. The first-order valence-electron chi connectivity index (χ1n) is 17.5. The van der Waals surface area contributed by atoms with E-state index < -0.39 is 0 Å². The lowest BCUT2D eigenvalue weighted by Crippen LogP contribution is -1.98. The predicted molar refractivity (Wildman–Crippen MR) is 213 cm³/mol. The van der Waals surface area contributed by atoms with Crippen molar-refractivity contribution in [3.05, 3.63) is 170 Å². The highest BCUT2D eigenvalue weighted by molar-refractivity contribution is 6.28. The van der Waals surface area contributed by atoms with E-state index >= 15 is 0 Å². The third-order valence-electron chi connectivity index (χ3n) is 11.0. The standard InChI is InChI=1S/C47H28N4/c1-5-17-36-30(13-1)31-14-2-6-18-37(31)49(36)40-24-26-42-45-34(40)22-23-35-41(50-38-19-7-3-15-32(38)33-16-4-8-20-39(33)50)25-27-43(46(35)45)51(42)44-21-9-11-29-12-10-28-48-47(29)44/h1-28H. The highest BCUT2D eigenvalue weighted by Crippen LogP contribution is 2.46. The second-order valence-corrected chi connectivity index (χ2v) is 13.5. The van der Waals surface area contributed by atoms with Gasteiger partial charge in [0.2, 0.25) is 0 Å². The zero-order chi connectivity index (χ0) is 33.2. The fourth-order valence-electron chi connectivity index (χ4n) is 9.01. The molecule has 4 heterocycles. The van der Waals surface area contributed by atoms with Crippen LogP contribution < -0.4 is 0 Å². The van der Waals surface area contributed by atoms with E-state index in [4.69, 9.17) is 4.98 Å². The van der Waals surface area contributed by atoms with E-state index in [9.17, 15) is 0 Å². The Morgan fingerprint density at radius 1 is 0.294 bits per heavy atom. The summed E-state index contributed by atoms with van der Waals surface area (Å²) in [5, 5.41) is 11.2. The molecule has 4 heteroatoms. The molecule has 0 aliphatic heterocycles. The maximum absolute atomic E-state index is 4.92. The summed E-state index contributed by atoms with van der Waals surface area (Å²) in [7, 11) is 0. The molecule has 51 heavy (non-hydrogen) atoms. The van der Waals surface area contributed by atoms with Crippen LogP contribution >= 0.6 is 0 Å². The molecule has 0 saturated carbocycles. The Hall–Kier alpha value is -6.91. The Morgan fingerprint density at radius 2 is 0.725 bits per heavy atom. The third-order valence-corrected chi connectivity index (χ3v) is 11.0. The normalized spacial score (nSPS) is 12.3. The van der Waals surface area contributed by atoms with E-state index in [2.05, 4.69) is 171 Å². The van der Waals surface area contributed by atoms with Gasteiger partial charge in [-0.3, -0.25) is 4.98 Å². The van der Waals surface area contributed by atoms with Gasteiger partial charge in [-0.05, 0) is 60.7 Å². The molecule has 0 aliphatic carbocycles. The molecule has 12 rings (SSSR count). The highest BCUT2D eigenvalue weighted by Gasteiger charge is 2.24. The largest absolute Gasteiger partial charge is 0.309 e. The Bertz CT molecular complexity index is 3080. The number of rotatable bonds is 3. The Balaban J connectivity index is 1.27. The van der Waals surface area contributed by atoms with Crippen molar-refractivity contribution in [1.29, 1.82) is 0 Å². The molecular formula is C47H28N4. The van der Waals surface area contributed by atoms with Crippen molar-refractivity contribution in [3.63, 3.8) is 0 Å². The van der Waals surface area contributed by atoms with Crippen LogP contribution in [0.15, 0.2) is 170 Å². The molecule has 0 aliphatic rings. The van der Waals surface area contributed by atoms with Crippen LogP contribution in [0.25, 0.3) is 104 Å². The summed E-state index contributed by atoms with van der Waals surface area (Å²) in [6, 6.07) is 59.7. The minimum absolute atomic E-state index is 0.993. The van der Waals surface area contributed by atoms with Crippen LogP contribution in [-0.4, -0.2) is 18.7 Å². The number of nitrogens with zero attached hydrogens (tertiary/aromatic N) is 4. The van der Waals surface area contributed by atoms with Crippen molar-refractivity contribution < 1.29 is 0 Å². The maximum Gasteiger partial charge on any atom is 0.0942 e. The average Bonchev–Trinajstić information content (AvgIpc) is 3.83. The number of aromatic nitrogens is 4. The molecule has 0 saturated heterocycles. The maximum atomic E-state index is 4.92. The summed E-state index contributed by atoms with van der Waals surface area (Å²) in [4.78, 5) is 4.92. The topological polar surface area (TPSA) is 27.7 Å². The van der Waals surface area contributed by atoms with Gasteiger partial charge in [0.1, 0.15) is 0 Å². The average molecular weight is 649 g/mol. The Kier molecular flexibility index (Phi) is 5.20.